The molecule has 0 atom stereocenters. The molecular weight excluding hydrogens is 106 g/mol. The lowest BCUT2D eigenvalue weighted by atomic mass is 10.5. The van der Waals surface area contributed by atoms with Crippen LogP contribution in [-0.2, 0) is 0 Å². The molecule has 0 aromatic heterocycles. The topological polar surface area (TPSA) is 43.7 Å². The summed E-state index contributed by atoms with van der Waals surface area (Å²) in [4.78, 5) is -0.0417. The summed E-state index contributed by atoms with van der Waals surface area (Å²) < 4.78 is 55.8. The molecule has 0 unspecified atom stereocenters. The highest BCUT2D eigenvalue weighted by Gasteiger charge is 1.91. The molecule has 0 aromatic carbocycles. The maximum absolute atomic E-state index is 8.89. The summed E-state index contributed by atoms with van der Waals surface area (Å²) in [5.74, 6) is 0. The fraction of sp³-hybridized carbons (Fsp3) is 1.00. The van der Waals surface area contributed by atoms with Crippen molar-refractivity contribution in [3.63, 3.8) is 0 Å². The van der Waals surface area contributed by atoms with Gasteiger partial charge in [-0.25, -0.2) is 0 Å². The molecule has 0 aliphatic carbocycles. The maximum atomic E-state index is 8.89. The largest absolute Gasteiger partial charge is 0.395 e. The summed E-state index contributed by atoms with van der Waals surface area (Å²) in [6, 6.07) is 0. The first-order valence-corrected chi connectivity index (χ1v) is 1.84. The van der Waals surface area contributed by atoms with Gasteiger partial charge in [0, 0.05) is 18.5 Å². The van der Waals surface area contributed by atoms with Crippen LogP contribution in [0.1, 0.15) is 11.0 Å². The minimum absolute atomic E-state index is 0.0417. The lowest BCUT2D eigenvalue weighted by Gasteiger charge is -2.11. The Bertz CT molecular complexity index is 230. The monoisotopic (exact) mass is 127 g/mol. The van der Waals surface area contributed by atoms with Gasteiger partial charge < -0.3 is 15.1 Å². The van der Waals surface area contributed by atoms with Crippen LogP contribution in [0.25, 0.3) is 0 Å². The van der Waals surface area contributed by atoms with Crippen LogP contribution in [0, 0.1) is 0 Å². The van der Waals surface area contributed by atoms with Crippen LogP contribution < -0.4 is 0 Å². The van der Waals surface area contributed by atoms with Crippen molar-refractivity contribution in [1.29, 1.82) is 0 Å². The minimum Gasteiger partial charge on any atom is -0.395 e. The predicted octanol–water partition coefficient (Wildman–Crippen LogP) is -1.10. The summed E-state index contributed by atoms with van der Waals surface area (Å²) in [6.07, 6.45) is 0. The quantitative estimate of drug-likeness (QED) is 0.504. The zero-order valence-corrected chi connectivity index (χ0v) is 4.34. The molecule has 0 saturated heterocycles. The van der Waals surface area contributed by atoms with E-state index in [9.17, 15) is 0 Å². The molecule has 0 aromatic rings. The van der Waals surface area contributed by atoms with E-state index in [0.29, 0.717) is 7.05 Å². The van der Waals surface area contributed by atoms with Crippen molar-refractivity contribution >= 4 is 0 Å². The molecule has 0 fully saturated rings. The summed E-state index contributed by atoms with van der Waals surface area (Å²) in [6.45, 7) is -13.3. The first-order valence-electron chi connectivity index (χ1n) is 5.84. The number of rotatable bonds is 4. The fourth-order valence-corrected chi connectivity index (χ4v) is 0.178. The molecule has 0 amide bonds. The van der Waals surface area contributed by atoms with Crippen molar-refractivity contribution in [3.05, 3.63) is 0 Å². The Balaban J connectivity index is 5.30. The highest BCUT2D eigenvalue weighted by molar-refractivity contribution is 4.45. The highest BCUT2D eigenvalue weighted by atomic mass is 16.3. The van der Waals surface area contributed by atoms with Gasteiger partial charge in [0.2, 0.25) is 0 Å². The third-order valence-corrected chi connectivity index (χ3v) is 0.435. The van der Waals surface area contributed by atoms with E-state index >= 15 is 0 Å². The molecule has 0 spiro atoms. The standard InChI is InChI=1S/C5H13NO2/c1-6(2-4-7)3-5-8/h7-8H,2-5H2,1H3/i2D2,3D2,4D2,5D2. The molecule has 8 heavy (non-hydrogen) atoms. The third-order valence-electron chi connectivity index (χ3n) is 0.435. The fourth-order valence-electron chi connectivity index (χ4n) is 0.178. The van der Waals surface area contributed by atoms with Gasteiger partial charge in [0.1, 0.15) is 0 Å². The lowest BCUT2D eigenvalue weighted by Crippen LogP contribution is -2.25. The van der Waals surface area contributed by atoms with Crippen molar-refractivity contribution < 1.29 is 21.2 Å². The predicted molar refractivity (Wildman–Crippen MR) is 31.7 cm³/mol. The lowest BCUT2D eigenvalue weighted by molar-refractivity contribution is 0.184. The van der Waals surface area contributed by atoms with E-state index in [1.54, 1.807) is 0 Å². The molecule has 3 heteroatoms. The Morgan fingerprint density at radius 2 is 1.75 bits per heavy atom. The average molecular weight is 127 g/mol. The van der Waals surface area contributed by atoms with E-state index in [-0.39, 0.29) is 4.90 Å². The molecule has 3 nitrogen and oxygen atoms in total. The number of hydrogen-bond donors (Lipinski definition) is 2. The molecule has 0 bridgehead atoms. The number of likely N-dealkylation sites (N-methyl/N-ethyl adjacent to an activating group) is 1. The Morgan fingerprint density at radius 3 is 2.00 bits per heavy atom. The summed E-state index contributed by atoms with van der Waals surface area (Å²) in [5, 5.41) is 17.8. The second-order valence-electron chi connectivity index (χ2n) is 1.01. The second kappa shape index (κ2) is 5.03. The van der Waals surface area contributed by atoms with Crippen LogP contribution >= 0.6 is 0 Å². The third kappa shape index (κ3) is 4.05. The Morgan fingerprint density at radius 1 is 1.38 bits per heavy atom. The van der Waals surface area contributed by atoms with Crippen molar-refractivity contribution in [2.24, 2.45) is 0 Å². The first-order chi connectivity index (χ1) is 6.65. The van der Waals surface area contributed by atoms with E-state index < -0.39 is 26.1 Å². The van der Waals surface area contributed by atoms with E-state index in [2.05, 4.69) is 0 Å². The van der Waals surface area contributed by atoms with Crippen molar-refractivity contribution in [2.45, 2.75) is 0 Å². The van der Waals surface area contributed by atoms with E-state index in [1.165, 1.54) is 0 Å². The Kier molecular flexibility index (Phi) is 1.06. The SMILES string of the molecule is [2H]C([2H])(O)C([2H])([2H])N(C)C([2H])([2H])C([2H])([2H])O. The highest BCUT2D eigenvalue weighted by Crippen LogP contribution is 1.76. The molecular formula is C5H13NO2. The van der Waals surface area contributed by atoms with Gasteiger partial charge in [-0.2, -0.15) is 0 Å². The van der Waals surface area contributed by atoms with Crippen LogP contribution in [0.2, 0.25) is 0 Å². The molecule has 0 saturated carbocycles. The van der Waals surface area contributed by atoms with Gasteiger partial charge in [-0.15, -0.1) is 0 Å². The number of nitrogens with zero attached hydrogens (tertiary/aromatic N) is 1. The number of aliphatic hydroxyl groups is 2. The van der Waals surface area contributed by atoms with Gasteiger partial charge in [-0.3, -0.25) is 0 Å². The molecule has 0 aliphatic rings. The Labute approximate surface area is 60.8 Å². The van der Waals surface area contributed by atoms with Crippen molar-refractivity contribution in [2.75, 3.05) is 33.2 Å². The summed E-state index contributed by atoms with van der Waals surface area (Å²) >= 11 is 0. The molecule has 0 rings (SSSR count). The van der Waals surface area contributed by atoms with Gasteiger partial charge in [0.25, 0.3) is 0 Å². The van der Waals surface area contributed by atoms with Crippen LogP contribution in [0.15, 0.2) is 0 Å². The molecule has 0 heterocycles. The van der Waals surface area contributed by atoms with Crippen LogP contribution in [-0.4, -0.2) is 48.3 Å². The van der Waals surface area contributed by atoms with Gasteiger partial charge >= 0.3 is 0 Å². The number of hydrogen-bond acceptors (Lipinski definition) is 3. The van der Waals surface area contributed by atoms with Crippen LogP contribution in [0.4, 0.5) is 0 Å². The Hall–Kier alpha value is -0.120. The normalized spacial score (nSPS) is 32.5. The molecule has 0 radical (unpaired) electrons. The van der Waals surface area contributed by atoms with E-state index in [0.717, 1.165) is 0 Å². The van der Waals surface area contributed by atoms with Crippen LogP contribution in [0.3, 0.4) is 0 Å². The zero-order chi connectivity index (χ0) is 13.6. The second-order valence-corrected chi connectivity index (χ2v) is 1.01. The van der Waals surface area contributed by atoms with E-state index in [1.807, 2.05) is 0 Å². The molecule has 50 valence electrons. The minimum atomic E-state index is -3.42. The molecule has 2 N–H and O–H groups in total. The van der Waals surface area contributed by atoms with Crippen molar-refractivity contribution in [3.8, 4) is 0 Å². The maximum Gasteiger partial charge on any atom is 0.0577 e. The van der Waals surface area contributed by atoms with Gasteiger partial charge in [-0.1, -0.05) is 0 Å². The zero-order valence-electron chi connectivity index (χ0n) is 12.3. The first kappa shape index (κ1) is 1.68. The van der Waals surface area contributed by atoms with Gasteiger partial charge in [0.15, 0.2) is 0 Å². The molecule has 0 aliphatic heterocycles. The van der Waals surface area contributed by atoms with Gasteiger partial charge in [-0.05, 0) is 7.05 Å². The van der Waals surface area contributed by atoms with Gasteiger partial charge in [0.05, 0.1) is 18.6 Å². The van der Waals surface area contributed by atoms with Crippen molar-refractivity contribution in [1.82, 2.24) is 4.90 Å². The summed E-state index contributed by atoms with van der Waals surface area (Å²) in [7, 11) is 0.710. The summed E-state index contributed by atoms with van der Waals surface area (Å²) in [5.41, 5.74) is 0. The average Bonchev–Trinajstić information content (AvgIpc) is 1.98. The smallest absolute Gasteiger partial charge is 0.0577 e. The van der Waals surface area contributed by atoms with E-state index in [4.69, 9.17) is 21.2 Å². The van der Waals surface area contributed by atoms with Crippen LogP contribution in [0.5, 0.6) is 0 Å².